The van der Waals surface area contributed by atoms with Gasteiger partial charge in [0.25, 0.3) is 0 Å². The Morgan fingerprint density at radius 1 is 1.28 bits per heavy atom. The Hall–Kier alpha value is -2.32. The molecule has 4 rings (SSSR count). The van der Waals surface area contributed by atoms with E-state index in [0.717, 1.165) is 18.1 Å². The van der Waals surface area contributed by atoms with Crippen LogP contribution in [0.3, 0.4) is 0 Å². The molecule has 2 aromatic heterocycles. The Labute approximate surface area is 152 Å². The first-order valence-corrected chi connectivity index (χ1v) is 9.62. The Kier molecular flexibility index (Phi) is 4.71. The highest BCUT2D eigenvalue weighted by Gasteiger charge is 2.17. The number of hydrogen-bond acceptors (Lipinski definition) is 7. The summed E-state index contributed by atoms with van der Waals surface area (Å²) in [7, 11) is 0. The molecule has 1 aromatic carbocycles. The molecule has 128 valence electrons. The monoisotopic (exact) mass is 373 g/mol. The number of rotatable bonds is 7. The molecule has 0 fully saturated rings. The van der Waals surface area contributed by atoms with Crippen molar-refractivity contribution in [1.29, 1.82) is 0 Å². The van der Waals surface area contributed by atoms with Crippen LogP contribution in [0.5, 0.6) is 11.5 Å². The molecule has 0 amide bonds. The standard InChI is InChI=1S/C17H15N3O3S2/c21-14(12-3-4-15-16(8-12)23-11-22-15)9-25-17-19-18-10-20(17)6-5-13-2-1-7-24-13/h1-4,7-8,10H,5-6,9,11H2. The van der Waals surface area contributed by atoms with Crippen LogP contribution >= 0.6 is 23.1 Å². The van der Waals surface area contributed by atoms with E-state index in [2.05, 4.69) is 21.6 Å². The number of thiophene rings is 1. The van der Waals surface area contributed by atoms with Gasteiger partial charge in [0, 0.05) is 17.0 Å². The van der Waals surface area contributed by atoms with E-state index in [1.807, 2.05) is 10.6 Å². The summed E-state index contributed by atoms with van der Waals surface area (Å²) in [6.07, 6.45) is 2.64. The van der Waals surface area contributed by atoms with Crippen LogP contribution in [0.25, 0.3) is 0 Å². The molecule has 0 unspecified atom stereocenters. The van der Waals surface area contributed by atoms with Gasteiger partial charge < -0.3 is 14.0 Å². The van der Waals surface area contributed by atoms with Gasteiger partial charge in [0.1, 0.15) is 6.33 Å². The van der Waals surface area contributed by atoms with Crippen LogP contribution in [-0.2, 0) is 13.0 Å². The second-order valence-corrected chi connectivity index (χ2v) is 7.39. The average molecular weight is 373 g/mol. The third-order valence-electron chi connectivity index (χ3n) is 3.79. The second kappa shape index (κ2) is 7.28. The number of aryl methyl sites for hydroxylation is 2. The van der Waals surface area contributed by atoms with Crippen LogP contribution in [0.2, 0.25) is 0 Å². The van der Waals surface area contributed by atoms with Gasteiger partial charge in [0.05, 0.1) is 5.75 Å². The fourth-order valence-corrected chi connectivity index (χ4v) is 4.01. The summed E-state index contributed by atoms with van der Waals surface area (Å²) >= 11 is 3.14. The van der Waals surface area contributed by atoms with Gasteiger partial charge in [-0.3, -0.25) is 4.79 Å². The molecule has 0 N–H and O–H groups in total. The van der Waals surface area contributed by atoms with Crippen LogP contribution in [0.1, 0.15) is 15.2 Å². The number of fused-ring (bicyclic) bond motifs is 1. The smallest absolute Gasteiger partial charge is 0.231 e. The molecular weight excluding hydrogens is 358 g/mol. The minimum Gasteiger partial charge on any atom is -0.454 e. The topological polar surface area (TPSA) is 66.2 Å². The van der Waals surface area contributed by atoms with Crippen molar-refractivity contribution in [3.63, 3.8) is 0 Å². The van der Waals surface area contributed by atoms with E-state index < -0.39 is 0 Å². The molecule has 0 saturated carbocycles. The molecule has 6 nitrogen and oxygen atoms in total. The van der Waals surface area contributed by atoms with Gasteiger partial charge in [0.15, 0.2) is 22.4 Å². The number of aromatic nitrogens is 3. The third-order valence-corrected chi connectivity index (χ3v) is 5.70. The lowest BCUT2D eigenvalue weighted by molar-refractivity contribution is 0.102. The summed E-state index contributed by atoms with van der Waals surface area (Å²) in [6, 6.07) is 9.42. The van der Waals surface area contributed by atoms with Crippen molar-refractivity contribution in [2.75, 3.05) is 12.5 Å². The van der Waals surface area contributed by atoms with E-state index in [4.69, 9.17) is 9.47 Å². The maximum Gasteiger partial charge on any atom is 0.231 e. The van der Waals surface area contributed by atoms with Crippen molar-refractivity contribution in [3.8, 4) is 11.5 Å². The summed E-state index contributed by atoms with van der Waals surface area (Å²) < 4.78 is 12.6. The van der Waals surface area contributed by atoms with Crippen LogP contribution in [0.4, 0.5) is 0 Å². The zero-order chi connectivity index (χ0) is 17.1. The van der Waals surface area contributed by atoms with Crippen molar-refractivity contribution in [3.05, 3.63) is 52.5 Å². The van der Waals surface area contributed by atoms with E-state index >= 15 is 0 Å². The lowest BCUT2D eigenvalue weighted by atomic mass is 10.1. The highest BCUT2D eigenvalue weighted by Crippen LogP contribution is 2.33. The number of benzene rings is 1. The average Bonchev–Trinajstić information content (AvgIpc) is 3.38. The molecule has 0 atom stereocenters. The van der Waals surface area contributed by atoms with E-state index in [1.54, 1.807) is 35.9 Å². The lowest BCUT2D eigenvalue weighted by Crippen LogP contribution is -2.05. The van der Waals surface area contributed by atoms with Crippen molar-refractivity contribution in [2.24, 2.45) is 0 Å². The van der Waals surface area contributed by atoms with Gasteiger partial charge in [-0.15, -0.1) is 21.5 Å². The molecule has 0 bridgehead atoms. The summed E-state index contributed by atoms with van der Waals surface area (Å²) in [4.78, 5) is 13.7. The molecule has 3 aromatic rings. The van der Waals surface area contributed by atoms with Crippen LogP contribution in [0.15, 0.2) is 47.2 Å². The van der Waals surface area contributed by atoms with Crippen LogP contribution < -0.4 is 9.47 Å². The highest BCUT2D eigenvalue weighted by atomic mass is 32.2. The predicted octanol–water partition coefficient (Wildman–Crippen LogP) is 3.29. The first-order chi connectivity index (χ1) is 12.3. The quantitative estimate of drug-likeness (QED) is 0.468. The van der Waals surface area contributed by atoms with Crippen molar-refractivity contribution >= 4 is 28.9 Å². The number of nitrogens with zero attached hydrogens (tertiary/aromatic N) is 3. The van der Waals surface area contributed by atoms with E-state index in [0.29, 0.717) is 22.8 Å². The summed E-state index contributed by atoms with van der Waals surface area (Å²) in [5.74, 6) is 1.63. The van der Waals surface area contributed by atoms with Gasteiger partial charge in [0.2, 0.25) is 6.79 Å². The van der Waals surface area contributed by atoms with Crippen molar-refractivity contribution in [2.45, 2.75) is 18.1 Å². The van der Waals surface area contributed by atoms with Gasteiger partial charge in [-0.1, -0.05) is 17.8 Å². The fourth-order valence-electron chi connectivity index (χ4n) is 2.48. The van der Waals surface area contributed by atoms with Gasteiger partial charge in [-0.05, 0) is 36.1 Å². The minimum atomic E-state index is 0.0242. The zero-order valence-corrected chi connectivity index (χ0v) is 14.9. The second-order valence-electron chi connectivity index (χ2n) is 5.42. The Morgan fingerprint density at radius 3 is 3.08 bits per heavy atom. The molecule has 8 heteroatoms. The predicted molar refractivity (Wildman–Crippen MR) is 95.7 cm³/mol. The number of thioether (sulfide) groups is 1. The van der Waals surface area contributed by atoms with E-state index in [1.165, 1.54) is 16.6 Å². The summed E-state index contributed by atoms with van der Waals surface area (Å²) in [5, 5.41) is 10.9. The van der Waals surface area contributed by atoms with Crippen molar-refractivity contribution in [1.82, 2.24) is 14.8 Å². The molecule has 3 heterocycles. The highest BCUT2D eigenvalue weighted by molar-refractivity contribution is 7.99. The number of ketones is 1. The maximum absolute atomic E-state index is 12.4. The summed E-state index contributed by atoms with van der Waals surface area (Å²) in [6.45, 7) is 1.00. The van der Waals surface area contributed by atoms with Crippen LogP contribution in [0, 0.1) is 0 Å². The maximum atomic E-state index is 12.4. The van der Waals surface area contributed by atoms with Crippen LogP contribution in [-0.4, -0.2) is 33.1 Å². The largest absolute Gasteiger partial charge is 0.454 e. The SMILES string of the molecule is O=C(CSc1nncn1CCc1cccs1)c1ccc2c(c1)OCO2. The third kappa shape index (κ3) is 3.69. The first-order valence-electron chi connectivity index (χ1n) is 7.75. The first kappa shape index (κ1) is 16.2. The van der Waals surface area contributed by atoms with E-state index in [-0.39, 0.29) is 12.6 Å². The molecule has 0 aliphatic carbocycles. The molecular formula is C17H15N3O3S2. The Balaban J connectivity index is 1.36. The molecule has 0 spiro atoms. The van der Waals surface area contributed by atoms with Gasteiger partial charge >= 0.3 is 0 Å². The molecule has 1 aliphatic rings. The summed E-state index contributed by atoms with van der Waals surface area (Å²) in [5.41, 5.74) is 0.612. The van der Waals surface area contributed by atoms with Gasteiger partial charge in [-0.25, -0.2) is 0 Å². The zero-order valence-electron chi connectivity index (χ0n) is 13.3. The Bertz CT molecular complexity index is 877. The van der Waals surface area contributed by atoms with Crippen molar-refractivity contribution < 1.29 is 14.3 Å². The van der Waals surface area contributed by atoms with Gasteiger partial charge in [-0.2, -0.15) is 0 Å². The fraction of sp³-hybridized carbons (Fsp3) is 0.235. The molecule has 0 radical (unpaired) electrons. The number of hydrogen-bond donors (Lipinski definition) is 0. The normalized spacial score (nSPS) is 12.5. The lowest BCUT2D eigenvalue weighted by Gasteiger charge is -2.05. The molecule has 0 saturated heterocycles. The minimum absolute atomic E-state index is 0.0242. The number of Topliss-reactive ketones (excluding diaryl/α,β-unsaturated/α-hetero) is 1. The number of carbonyl (C=O) groups excluding carboxylic acids is 1. The number of ether oxygens (including phenoxy) is 2. The number of carbonyl (C=O) groups is 1. The Morgan fingerprint density at radius 2 is 2.20 bits per heavy atom. The molecule has 25 heavy (non-hydrogen) atoms. The molecule has 1 aliphatic heterocycles. The van der Waals surface area contributed by atoms with E-state index in [9.17, 15) is 4.79 Å².